The number of carbonyl (C=O) groups is 1. The molecule has 0 spiro atoms. The number of aryl methyl sites for hydroxylation is 2. The van der Waals surface area contributed by atoms with Gasteiger partial charge in [-0.1, -0.05) is 30.3 Å². The van der Waals surface area contributed by atoms with Gasteiger partial charge in [0.1, 0.15) is 18.2 Å². The van der Waals surface area contributed by atoms with E-state index in [4.69, 9.17) is 9.84 Å². The van der Waals surface area contributed by atoms with Crippen molar-refractivity contribution in [3.63, 3.8) is 0 Å². The lowest BCUT2D eigenvalue weighted by Crippen LogP contribution is -1.97. The molecule has 1 aromatic heterocycles. The minimum absolute atomic E-state index is 0.0384. The Morgan fingerprint density at radius 1 is 1.07 bits per heavy atom. The van der Waals surface area contributed by atoms with Crippen molar-refractivity contribution in [1.82, 2.24) is 4.57 Å². The summed E-state index contributed by atoms with van der Waals surface area (Å²) in [4.78, 5) is 11.1. The molecular formula is C25H22FNO3. The lowest BCUT2D eigenvalue weighted by molar-refractivity contribution is -0.136. The normalized spacial score (nSPS) is 11.0. The second-order valence-electron chi connectivity index (χ2n) is 7.30. The van der Waals surface area contributed by atoms with Crippen LogP contribution < -0.4 is 4.74 Å². The van der Waals surface area contributed by atoms with Gasteiger partial charge in [0.25, 0.3) is 0 Å². The number of rotatable bonds is 7. The van der Waals surface area contributed by atoms with E-state index >= 15 is 0 Å². The Morgan fingerprint density at radius 3 is 2.60 bits per heavy atom. The van der Waals surface area contributed by atoms with Gasteiger partial charge in [0, 0.05) is 23.7 Å². The fourth-order valence-corrected chi connectivity index (χ4v) is 3.54. The zero-order valence-corrected chi connectivity index (χ0v) is 16.6. The smallest absolute Gasteiger partial charge is 0.303 e. The lowest BCUT2D eigenvalue weighted by atomic mass is 10.1. The molecule has 152 valence electrons. The molecule has 0 fully saturated rings. The van der Waals surface area contributed by atoms with Crippen molar-refractivity contribution in [1.29, 1.82) is 0 Å². The van der Waals surface area contributed by atoms with Gasteiger partial charge in [-0.15, -0.1) is 0 Å². The molecule has 0 radical (unpaired) electrons. The third kappa shape index (κ3) is 4.20. The summed E-state index contributed by atoms with van der Waals surface area (Å²) in [5.74, 6) is -0.376. The second kappa shape index (κ2) is 8.41. The summed E-state index contributed by atoms with van der Waals surface area (Å²) in [6.07, 6.45) is 2.37. The van der Waals surface area contributed by atoms with Crippen LogP contribution in [-0.2, 0) is 17.8 Å². The highest BCUT2D eigenvalue weighted by Crippen LogP contribution is 2.30. The Bertz CT molecular complexity index is 1200. The number of nitrogens with zero attached hydrogens (tertiary/aromatic N) is 1. The van der Waals surface area contributed by atoms with Gasteiger partial charge >= 0.3 is 5.97 Å². The molecule has 0 aliphatic carbocycles. The first-order chi connectivity index (χ1) is 14.5. The van der Waals surface area contributed by atoms with Crippen molar-refractivity contribution in [2.45, 2.75) is 26.4 Å². The summed E-state index contributed by atoms with van der Waals surface area (Å²) in [5.41, 5.74) is 4.30. The number of carboxylic acids is 1. The second-order valence-corrected chi connectivity index (χ2v) is 7.30. The lowest BCUT2D eigenvalue weighted by Gasteiger charge is -2.09. The molecule has 0 saturated heterocycles. The molecule has 3 aromatic carbocycles. The van der Waals surface area contributed by atoms with Crippen LogP contribution in [0, 0.1) is 12.7 Å². The highest BCUT2D eigenvalue weighted by atomic mass is 19.1. The van der Waals surface area contributed by atoms with Crippen molar-refractivity contribution in [2.24, 2.45) is 0 Å². The van der Waals surface area contributed by atoms with E-state index in [2.05, 4.69) is 0 Å². The Hall–Kier alpha value is -3.60. The van der Waals surface area contributed by atoms with Gasteiger partial charge in [-0.05, 0) is 66.4 Å². The number of halogens is 1. The summed E-state index contributed by atoms with van der Waals surface area (Å²) in [6, 6.07) is 20.7. The maximum atomic E-state index is 13.7. The van der Waals surface area contributed by atoms with Crippen LogP contribution in [0.5, 0.6) is 5.75 Å². The van der Waals surface area contributed by atoms with Gasteiger partial charge in [-0.25, -0.2) is 4.39 Å². The van der Waals surface area contributed by atoms with Crippen LogP contribution >= 0.6 is 0 Å². The van der Waals surface area contributed by atoms with Crippen LogP contribution in [0.1, 0.15) is 23.1 Å². The first-order valence-electron chi connectivity index (χ1n) is 9.80. The maximum Gasteiger partial charge on any atom is 0.303 e. The average molecular weight is 403 g/mol. The predicted molar refractivity (Wildman–Crippen MR) is 115 cm³/mol. The summed E-state index contributed by atoms with van der Waals surface area (Å²) in [7, 11) is 0. The molecule has 0 amide bonds. The standard InChI is InChI=1S/C25H22FNO3/c1-17-13-20(8-10-23(17)26)27-15-19(7-12-25(28)29)22-14-21(9-11-24(22)27)30-16-18-5-3-2-4-6-18/h2-6,8-11,13-15H,7,12,16H2,1H3,(H,28,29). The van der Waals surface area contributed by atoms with Gasteiger partial charge < -0.3 is 14.4 Å². The summed E-state index contributed by atoms with van der Waals surface area (Å²) in [5, 5.41) is 10.1. The van der Waals surface area contributed by atoms with E-state index < -0.39 is 5.97 Å². The van der Waals surface area contributed by atoms with Crippen molar-refractivity contribution < 1.29 is 19.0 Å². The third-order valence-corrected chi connectivity index (χ3v) is 5.13. The SMILES string of the molecule is Cc1cc(-n2cc(CCC(=O)O)c3cc(OCc4ccccc4)ccc32)ccc1F. The molecule has 0 atom stereocenters. The molecule has 1 N–H and O–H groups in total. The molecule has 4 aromatic rings. The molecular weight excluding hydrogens is 381 g/mol. The number of benzene rings is 3. The number of aromatic nitrogens is 1. The molecule has 0 saturated carbocycles. The molecule has 0 aliphatic heterocycles. The molecule has 5 heteroatoms. The number of hydrogen-bond acceptors (Lipinski definition) is 2. The van der Waals surface area contributed by atoms with Crippen LogP contribution in [0.15, 0.2) is 72.9 Å². The van der Waals surface area contributed by atoms with Crippen molar-refractivity contribution in [3.05, 3.63) is 95.4 Å². The number of carboxylic acid groups (broad SMARTS) is 1. The fourth-order valence-electron chi connectivity index (χ4n) is 3.54. The molecule has 1 heterocycles. The number of fused-ring (bicyclic) bond motifs is 1. The van der Waals surface area contributed by atoms with E-state index in [0.717, 1.165) is 33.5 Å². The molecule has 4 nitrogen and oxygen atoms in total. The van der Waals surface area contributed by atoms with E-state index in [1.165, 1.54) is 6.07 Å². The third-order valence-electron chi connectivity index (χ3n) is 5.13. The Morgan fingerprint density at radius 2 is 1.87 bits per heavy atom. The average Bonchev–Trinajstić information content (AvgIpc) is 3.11. The molecule has 30 heavy (non-hydrogen) atoms. The van der Waals surface area contributed by atoms with E-state index in [-0.39, 0.29) is 12.2 Å². The minimum atomic E-state index is -0.843. The van der Waals surface area contributed by atoms with Crippen LogP contribution in [0.3, 0.4) is 0 Å². The number of ether oxygens (including phenoxy) is 1. The summed E-state index contributed by atoms with van der Waals surface area (Å²) in [6.45, 7) is 2.18. The van der Waals surface area contributed by atoms with Gasteiger partial charge in [0.2, 0.25) is 0 Å². The predicted octanol–water partition coefficient (Wildman–Crippen LogP) is 5.67. The molecule has 0 unspecified atom stereocenters. The van der Waals surface area contributed by atoms with Gasteiger partial charge in [0.15, 0.2) is 0 Å². The number of aliphatic carboxylic acids is 1. The van der Waals surface area contributed by atoms with Crippen LogP contribution in [0.25, 0.3) is 16.6 Å². The van der Waals surface area contributed by atoms with Gasteiger partial charge in [-0.2, -0.15) is 0 Å². The zero-order valence-electron chi connectivity index (χ0n) is 16.6. The van der Waals surface area contributed by atoms with Crippen molar-refractivity contribution in [3.8, 4) is 11.4 Å². The maximum absolute atomic E-state index is 13.7. The monoisotopic (exact) mass is 403 g/mol. The molecule has 0 bridgehead atoms. The topological polar surface area (TPSA) is 51.5 Å². The molecule has 0 aliphatic rings. The van der Waals surface area contributed by atoms with Crippen LogP contribution in [0.2, 0.25) is 0 Å². The zero-order chi connectivity index (χ0) is 21.1. The fraction of sp³-hybridized carbons (Fsp3) is 0.160. The first-order valence-corrected chi connectivity index (χ1v) is 9.80. The molecule has 4 rings (SSSR count). The van der Waals surface area contributed by atoms with Crippen molar-refractivity contribution in [2.75, 3.05) is 0 Å². The van der Waals surface area contributed by atoms with Crippen LogP contribution in [-0.4, -0.2) is 15.6 Å². The van der Waals surface area contributed by atoms with E-state index in [0.29, 0.717) is 18.6 Å². The summed E-state index contributed by atoms with van der Waals surface area (Å²) >= 11 is 0. The Balaban J connectivity index is 1.72. The van der Waals surface area contributed by atoms with Crippen molar-refractivity contribution >= 4 is 16.9 Å². The van der Waals surface area contributed by atoms with Crippen LogP contribution in [0.4, 0.5) is 4.39 Å². The van der Waals surface area contributed by atoms with Gasteiger partial charge in [-0.3, -0.25) is 4.79 Å². The quantitative estimate of drug-likeness (QED) is 0.432. The largest absolute Gasteiger partial charge is 0.489 e. The number of hydrogen-bond donors (Lipinski definition) is 1. The Labute approximate surface area is 174 Å². The van der Waals surface area contributed by atoms with E-state index in [1.54, 1.807) is 19.1 Å². The van der Waals surface area contributed by atoms with E-state index in [9.17, 15) is 9.18 Å². The van der Waals surface area contributed by atoms with E-state index in [1.807, 2.05) is 59.3 Å². The van der Waals surface area contributed by atoms with Gasteiger partial charge in [0.05, 0.1) is 5.52 Å². The highest BCUT2D eigenvalue weighted by molar-refractivity contribution is 5.87. The first kappa shape index (κ1) is 19.7. The Kier molecular flexibility index (Phi) is 5.53. The summed E-state index contributed by atoms with van der Waals surface area (Å²) < 4.78 is 21.7. The highest BCUT2D eigenvalue weighted by Gasteiger charge is 2.13. The minimum Gasteiger partial charge on any atom is -0.489 e.